The molecule has 1 aliphatic heterocycles. The molecular formula is C25H20Cl2FNO6S. The van der Waals surface area contributed by atoms with Gasteiger partial charge in [0.15, 0.2) is 0 Å². The van der Waals surface area contributed by atoms with Gasteiger partial charge >= 0.3 is 0 Å². The van der Waals surface area contributed by atoms with Gasteiger partial charge in [-0.1, -0.05) is 41.4 Å². The minimum absolute atomic E-state index is 0.191. The highest BCUT2D eigenvalue weighted by atomic mass is 35.5. The molecule has 0 aliphatic carbocycles. The first kappa shape index (κ1) is 26.1. The molecule has 1 aliphatic rings. The maximum Gasteiger partial charge on any atom is 0.264 e. The van der Waals surface area contributed by atoms with Gasteiger partial charge in [0.25, 0.3) is 21.9 Å². The number of hydrogen-bond acceptors (Lipinski definition) is 6. The molecule has 4 rings (SSSR count). The largest absolute Gasteiger partial charge is 0.496 e. The van der Waals surface area contributed by atoms with Gasteiger partial charge in [-0.3, -0.25) is 18.7 Å². The number of amides is 2. The van der Waals surface area contributed by atoms with E-state index < -0.39 is 33.9 Å². The Balaban J connectivity index is 1.74. The second kappa shape index (κ2) is 10.2. The quantitative estimate of drug-likeness (QED) is 0.289. The van der Waals surface area contributed by atoms with Crippen molar-refractivity contribution in [1.82, 2.24) is 4.90 Å². The fourth-order valence-corrected chi connectivity index (χ4v) is 5.44. The van der Waals surface area contributed by atoms with Gasteiger partial charge < -0.3 is 4.74 Å². The SMILES string of the molecule is COc1c(C[C@@H](CN2C(=O)c3ccccc3C2=O)OS(C)(=O)=O)cc(F)cc1-c1c(Cl)cccc1Cl. The van der Waals surface area contributed by atoms with Crippen molar-refractivity contribution in [1.29, 1.82) is 0 Å². The van der Waals surface area contributed by atoms with Crippen LogP contribution in [0.4, 0.5) is 4.39 Å². The summed E-state index contributed by atoms with van der Waals surface area (Å²) < 4.78 is 49.6. The van der Waals surface area contributed by atoms with Gasteiger partial charge in [0.05, 0.1) is 47.2 Å². The summed E-state index contributed by atoms with van der Waals surface area (Å²) >= 11 is 12.7. The molecule has 0 spiro atoms. The van der Waals surface area contributed by atoms with Crippen LogP contribution in [0.25, 0.3) is 11.1 Å². The van der Waals surface area contributed by atoms with Gasteiger partial charge in [0.2, 0.25) is 0 Å². The van der Waals surface area contributed by atoms with Crippen molar-refractivity contribution in [2.24, 2.45) is 0 Å². The summed E-state index contributed by atoms with van der Waals surface area (Å²) in [5, 5.41) is 0.514. The lowest BCUT2D eigenvalue weighted by Crippen LogP contribution is -2.39. The monoisotopic (exact) mass is 551 g/mol. The van der Waals surface area contributed by atoms with E-state index in [1.54, 1.807) is 30.3 Å². The van der Waals surface area contributed by atoms with Crippen LogP contribution in [0.3, 0.4) is 0 Å². The molecule has 0 saturated heterocycles. The van der Waals surface area contributed by atoms with E-state index in [1.165, 1.54) is 25.3 Å². The van der Waals surface area contributed by atoms with Crippen molar-refractivity contribution in [2.45, 2.75) is 12.5 Å². The highest BCUT2D eigenvalue weighted by Gasteiger charge is 2.37. The summed E-state index contributed by atoms with van der Waals surface area (Å²) in [5.41, 5.74) is 1.23. The zero-order valence-electron chi connectivity index (χ0n) is 19.1. The Morgan fingerprint density at radius 3 is 2.06 bits per heavy atom. The Labute approximate surface area is 217 Å². The molecule has 3 aromatic rings. The lowest BCUT2D eigenvalue weighted by molar-refractivity contribution is 0.0575. The van der Waals surface area contributed by atoms with Crippen molar-refractivity contribution < 1.29 is 31.3 Å². The maximum absolute atomic E-state index is 14.8. The Morgan fingerprint density at radius 2 is 1.53 bits per heavy atom. The molecule has 0 aromatic heterocycles. The molecule has 0 bridgehead atoms. The third-order valence-electron chi connectivity index (χ3n) is 5.59. The Hall–Kier alpha value is -2.98. The number of rotatable bonds is 8. The number of benzene rings is 3. The molecule has 0 N–H and O–H groups in total. The minimum atomic E-state index is -4.02. The van der Waals surface area contributed by atoms with Crippen LogP contribution in [0.5, 0.6) is 5.75 Å². The number of imide groups is 1. The number of ether oxygens (including phenoxy) is 1. The van der Waals surface area contributed by atoms with E-state index in [1.807, 2.05) is 0 Å². The molecule has 7 nitrogen and oxygen atoms in total. The van der Waals surface area contributed by atoms with Crippen molar-refractivity contribution in [3.63, 3.8) is 0 Å². The molecule has 0 fully saturated rings. The molecule has 188 valence electrons. The van der Waals surface area contributed by atoms with Crippen LogP contribution in [0.2, 0.25) is 10.0 Å². The number of hydrogen-bond donors (Lipinski definition) is 0. The first-order valence-corrected chi connectivity index (χ1v) is 13.2. The zero-order valence-corrected chi connectivity index (χ0v) is 21.5. The molecule has 1 heterocycles. The van der Waals surface area contributed by atoms with E-state index in [9.17, 15) is 22.4 Å². The Kier molecular flexibility index (Phi) is 7.38. The van der Waals surface area contributed by atoms with E-state index in [2.05, 4.69) is 0 Å². The van der Waals surface area contributed by atoms with Crippen LogP contribution >= 0.6 is 23.2 Å². The third kappa shape index (κ3) is 5.24. The zero-order chi connectivity index (χ0) is 26.2. The maximum atomic E-state index is 14.8. The highest BCUT2D eigenvalue weighted by molar-refractivity contribution is 7.86. The van der Waals surface area contributed by atoms with Gasteiger partial charge in [-0.2, -0.15) is 8.42 Å². The van der Waals surface area contributed by atoms with Crippen LogP contribution in [0.15, 0.2) is 54.6 Å². The topological polar surface area (TPSA) is 90.0 Å². The molecule has 3 aromatic carbocycles. The summed E-state index contributed by atoms with van der Waals surface area (Å²) in [6.07, 6.45) is -0.594. The number of carbonyl (C=O) groups excluding carboxylic acids is 2. The molecule has 36 heavy (non-hydrogen) atoms. The van der Waals surface area contributed by atoms with Gasteiger partial charge in [0.1, 0.15) is 11.6 Å². The summed E-state index contributed by atoms with van der Waals surface area (Å²) in [6.45, 7) is -0.388. The molecule has 1 atom stereocenters. The van der Waals surface area contributed by atoms with Gasteiger partial charge in [-0.15, -0.1) is 0 Å². The summed E-state index contributed by atoms with van der Waals surface area (Å²) in [5.74, 6) is -1.62. The first-order chi connectivity index (χ1) is 17.0. The van der Waals surface area contributed by atoms with Crippen molar-refractivity contribution in [2.75, 3.05) is 19.9 Å². The number of nitrogens with zero attached hydrogens (tertiary/aromatic N) is 1. The predicted molar refractivity (Wildman–Crippen MR) is 134 cm³/mol. The fourth-order valence-electron chi connectivity index (χ4n) is 4.21. The number of fused-ring (bicyclic) bond motifs is 1. The lowest BCUT2D eigenvalue weighted by atomic mass is 9.97. The van der Waals surface area contributed by atoms with Crippen molar-refractivity contribution in [3.8, 4) is 16.9 Å². The number of carbonyl (C=O) groups is 2. The van der Waals surface area contributed by atoms with Crippen molar-refractivity contribution in [3.05, 3.63) is 87.2 Å². The summed E-state index contributed by atoms with van der Waals surface area (Å²) in [7, 11) is -2.66. The molecule has 11 heteroatoms. The van der Waals surface area contributed by atoms with Gasteiger partial charge in [0, 0.05) is 23.1 Å². The van der Waals surface area contributed by atoms with Crippen LogP contribution in [-0.2, 0) is 20.7 Å². The molecule has 2 amide bonds. The Morgan fingerprint density at radius 1 is 0.944 bits per heavy atom. The van der Waals surface area contributed by atoms with Crippen LogP contribution in [-0.4, -0.2) is 51.1 Å². The van der Waals surface area contributed by atoms with Crippen LogP contribution < -0.4 is 4.74 Å². The molecular weight excluding hydrogens is 532 g/mol. The number of halogens is 3. The van der Waals surface area contributed by atoms with Crippen LogP contribution in [0.1, 0.15) is 26.3 Å². The number of methoxy groups -OCH3 is 1. The second-order valence-corrected chi connectivity index (χ2v) is 10.6. The van der Waals surface area contributed by atoms with E-state index >= 15 is 0 Å². The Bertz CT molecular complexity index is 1420. The normalized spacial score (nSPS) is 14.2. The average Bonchev–Trinajstić information content (AvgIpc) is 3.03. The minimum Gasteiger partial charge on any atom is -0.496 e. The van der Waals surface area contributed by atoms with Crippen molar-refractivity contribution >= 4 is 45.1 Å². The van der Waals surface area contributed by atoms with Crippen LogP contribution in [0, 0.1) is 5.82 Å². The summed E-state index contributed by atoms with van der Waals surface area (Å²) in [6, 6.07) is 13.4. The first-order valence-electron chi connectivity index (χ1n) is 10.6. The lowest BCUT2D eigenvalue weighted by Gasteiger charge is -2.23. The fraction of sp³-hybridized carbons (Fsp3) is 0.200. The smallest absolute Gasteiger partial charge is 0.264 e. The highest BCUT2D eigenvalue weighted by Crippen LogP contribution is 2.42. The second-order valence-electron chi connectivity index (χ2n) is 8.14. The molecule has 0 radical (unpaired) electrons. The third-order valence-corrected chi connectivity index (χ3v) is 6.84. The van der Waals surface area contributed by atoms with Gasteiger partial charge in [-0.25, -0.2) is 4.39 Å². The van der Waals surface area contributed by atoms with E-state index in [0.717, 1.165) is 17.2 Å². The molecule has 0 unspecified atom stereocenters. The predicted octanol–water partition coefficient (Wildman–Crippen LogP) is 4.99. The average molecular weight is 552 g/mol. The molecule has 0 saturated carbocycles. The van der Waals surface area contributed by atoms with E-state index in [0.29, 0.717) is 5.56 Å². The van der Waals surface area contributed by atoms with E-state index in [4.69, 9.17) is 32.1 Å². The van der Waals surface area contributed by atoms with Gasteiger partial charge in [-0.05, 0) is 36.4 Å². The van der Waals surface area contributed by atoms with E-state index in [-0.39, 0.29) is 51.0 Å². The standard InChI is InChI=1S/C25H20Cl2FNO6S/c1-34-23-14(10-15(28)12-19(23)22-20(26)8-5-9-21(22)27)11-16(35-36(2,32)33)13-29-24(30)17-6-3-4-7-18(17)25(29)31/h3-10,12,16H,11,13H2,1-2H3/t16-/m0/s1. The summed E-state index contributed by atoms with van der Waals surface area (Å²) in [4.78, 5) is 26.6.